The molecule has 15 nitrogen and oxygen atoms in total. The third-order valence-electron chi connectivity index (χ3n) is 10.9. The summed E-state index contributed by atoms with van der Waals surface area (Å²) in [6.07, 6.45) is -5.29. The lowest BCUT2D eigenvalue weighted by Crippen LogP contribution is -2.62. The van der Waals surface area contributed by atoms with Crippen LogP contribution in [0, 0.1) is 0 Å². The smallest absolute Gasteiger partial charge is 0.306 e. The molecule has 0 spiro atoms. The van der Waals surface area contributed by atoms with E-state index in [4.69, 9.17) is 23.7 Å². The number of fused-ring (bicyclic) bond motifs is 6. The number of hydrogen-bond acceptors (Lipinski definition) is 15. The SMILES string of the molecule is COC(=O)CCC(=O)O[C@H]1[C@]2(C)O[C@@H]2C(=O)C2=C(O)c3c(ccc(-c4ccc5c(c4O)C(O)=C4C(=O)[C@H]6O[C@@]6(C)[C@H](O)[C@]4(C)O5)c3O)O[C@]21C. The number of aliphatic hydroxyl groups is 3. The van der Waals surface area contributed by atoms with Crippen molar-refractivity contribution in [3.63, 3.8) is 0 Å². The quantitative estimate of drug-likeness (QED) is 0.224. The predicted octanol–water partition coefficient (Wildman–Crippen LogP) is 2.31. The average Bonchev–Trinajstić information content (AvgIpc) is 3.96. The molecular formula is C35H32O15. The molecule has 0 aromatic heterocycles. The lowest BCUT2D eigenvalue weighted by molar-refractivity contribution is -0.168. The van der Waals surface area contributed by atoms with E-state index >= 15 is 0 Å². The number of carbonyl (C=O) groups excluding carboxylic acids is 4. The molecular weight excluding hydrogens is 660 g/mol. The van der Waals surface area contributed by atoms with Gasteiger partial charge in [-0.3, -0.25) is 19.2 Å². The van der Waals surface area contributed by atoms with Gasteiger partial charge in [0.1, 0.15) is 62.9 Å². The Bertz CT molecular complexity index is 2060. The van der Waals surface area contributed by atoms with E-state index in [0.29, 0.717) is 0 Å². The third-order valence-corrected chi connectivity index (χ3v) is 10.9. The number of carbonyl (C=O) groups is 4. The number of benzene rings is 2. The average molecular weight is 693 g/mol. The molecule has 262 valence electrons. The number of methoxy groups -OCH3 is 1. The first kappa shape index (κ1) is 32.1. The molecule has 0 radical (unpaired) electrons. The van der Waals surface area contributed by atoms with Crippen molar-refractivity contribution in [2.75, 3.05) is 7.11 Å². The molecule has 4 fully saturated rings. The highest BCUT2D eigenvalue weighted by Crippen LogP contribution is 2.61. The van der Waals surface area contributed by atoms with Crippen molar-refractivity contribution < 1.29 is 73.1 Å². The molecule has 2 saturated heterocycles. The molecule has 0 amide bonds. The van der Waals surface area contributed by atoms with Gasteiger partial charge >= 0.3 is 11.9 Å². The molecule has 8 atom stereocenters. The van der Waals surface area contributed by atoms with Crippen LogP contribution in [0.4, 0.5) is 0 Å². The van der Waals surface area contributed by atoms with E-state index in [-0.39, 0.29) is 57.7 Å². The van der Waals surface area contributed by atoms with Gasteiger partial charge < -0.3 is 54.0 Å². The largest absolute Gasteiger partial charge is 0.506 e. The maximum atomic E-state index is 13.6. The van der Waals surface area contributed by atoms with Crippen molar-refractivity contribution in [3.05, 3.63) is 46.5 Å². The molecule has 2 aromatic carbocycles. The summed E-state index contributed by atoms with van der Waals surface area (Å²) in [4.78, 5) is 51.3. The fraction of sp³-hybridized carbons (Fsp3) is 0.429. The second-order valence-corrected chi connectivity index (χ2v) is 14.0. The van der Waals surface area contributed by atoms with Crippen LogP contribution in [0.15, 0.2) is 35.4 Å². The third kappa shape index (κ3) is 3.84. The number of phenolic OH excluding ortho intramolecular Hbond substituents is 2. The van der Waals surface area contributed by atoms with Gasteiger partial charge in [0, 0.05) is 11.1 Å². The maximum Gasteiger partial charge on any atom is 0.306 e. The molecule has 0 bridgehead atoms. The van der Waals surface area contributed by atoms with Gasteiger partial charge in [-0.25, -0.2) is 0 Å². The van der Waals surface area contributed by atoms with E-state index in [0.717, 1.165) is 0 Å². The monoisotopic (exact) mass is 692 g/mol. The van der Waals surface area contributed by atoms with Crippen LogP contribution in [0.5, 0.6) is 23.0 Å². The van der Waals surface area contributed by atoms with E-state index in [1.807, 2.05) is 0 Å². The molecule has 50 heavy (non-hydrogen) atoms. The number of epoxide rings is 2. The summed E-state index contributed by atoms with van der Waals surface area (Å²) in [7, 11) is 1.18. The minimum atomic E-state index is -1.79. The number of ether oxygens (including phenoxy) is 6. The van der Waals surface area contributed by atoms with Crippen molar-refractivity contribution in [3.8, 4) is 34.1 Å². The summed E-state index contributed by atoms with van der Waals surface area (Å²) in [5.74, 6) is -5.38. The van der Waals surface area contributed by atoms with Crippen molar-refractivity contribution in [1.29, 1.82) is 0 Å². The molecule has 2 aromatic rings. The first-order chi connectivity index (χ1) is 23.4. The first-order valence-corrected chi connectivity index (χ1v) is 15.8. The van der Waals surface area contributed by atoms with Gasteiger partial charge in [-0.15, -0.1) is 0 Å². The van der Waals surface area contributed by atoms with Gasteiger partial charge in [-0.05, 0) is 52.0 Å². The number of phenols is 2. The van der Waals surface area contributed by atoms with E-state index in [1.165, 1.54) is 45.2 Å². The topological polar surface area (TPSA) is 231 Å². The predicted molar refractivity (Wildman–Crippen MR) is 166 cm³/mol. The van der Waals surface area contributed by atoms with E-state index in [1.54, 1.807) is 13.8 Å². The Morgan fingerprint density at radius 1 is 0.720 bits per heavy atom. The van der Waals surface area contributed by atoms with Crippen molar-refractivity contribution in [2.45, 2.75) is 87.4 Å². The number of ketones is 2. The molecule has 8 rings (SSSR count). The lowest BCUT2D eigenvalue weighted by atomic mass is 9.70. The summed E-state index contributed by atoms with van der Waals surface area (Å²) in [6, 6.07) is 5.46. The van der Waals surface area contributed by atoms with E-state index in [9.17, 15) is 44.7 Å². The van der Waals surface area contributed by atoms with Crippen LogP contribution >= 0.6 is 0 Å². The molecule has 2 saturated carbocycles. The van der Waals surface area contributed by atoms with Gasteiger partial charge in [-0.2, -0.15) is 0 Å². The van der Waals surface area contributed by atoms with Gasteiger partial charge in [-0.1, -0.05) is 0 Å². The summed E-state index contributed by atoms with van der Waals surface area (Å²) in [6.45, 7) is 5.99. The Morgan fingerprint density at radius 2 is 1.18 bits per heavy atom. The van der Waals surface area contributed by atoms with Crippen molar-refractivity contribution >= 4 is 35.0 Å². The van der Waals surface area contributed by atoms with Crippen LogP contribution < -0.4 is 9.47 Å². The second-order valence-electron chi connectivity index (χ2n) is 14.0. The molecule has 6 aliphatic rings. The minimum absolute atomic E-state index is 0.0569. The molecule has 15 heteroatoms. The Morgan fingerprint density at radius 3 is 1.72 bits per heavy atom. The maximum absolute atomic E-state index is 13.6. The summed E-state index contributed by atoms with van der Waals surface area (Å²) < 4.78 is 33.8. The van der Waals surface area contributed by atoms with Crippen LogP contribution in [-0.2, 0) is 38.1 Å². The highest BCUT2D eigenvalue weighted by molar-refractivity contribution is 6.12. The first-order valence-electron chi connectivity index (χ1n) is 15.8. The lowest BCUT2D eigenvalue weighted by Gasteiger charge is -2.45. The summed E-state index contributed by atoms with van der Waals surface area (Å²) >= 11 is 0. The number of rotatable bonds is 5. The molecule has 4 heterocycles. The van der Waals surface area contributed by atoms with Crippen LogP contribution in [0.1, 0.15) is 51.7 Å². The Hall–Kier alpha value is -5.12. The number of aromatic hydroxyl groups is 2. The minimum Gasteiger partial charge on any atom is -0.506 e. The van der Waals surface area contributed by atoms with E-state index in [2.05, 4.69) is 4.74 Å². The van der Waals surface area contributed by atoms with Crippen LogP contribution in [0.3, 0.4) is 0 Å². The van der Waals surface area contributed by atoms with Gasteiger partial charge in [0.15, 0.2) is 41.1 Å². The van der Waals surface area contributed by atoms with Gasteiger partial charge in [0.25, 0.3) is 0 Å². The Kier molecular flexibility index (Phi) is 6.27. The number of Topliss-reactive ketones (excluding diaryl/α,β-unsaturated/α-hetero) is 2. The molecule has 2 aliphatic carbocycles. The van der Waals surface area contributed by atoms with E-state index < -0.39 is 93.3 Å². The number of hydrogen-bond donors (Lipinski definition) is 5. The standard InChI is InChI=1S/C35H32O15/c1-32-20(26(42)28-34(3,49-28)30(32)44)24(40)18-14(47-32)8-6-12(22(18)38)13-7-9-15-19(23(13)39)25(41)21-27(43)29-35(4,50-29)31(33(21,2)48-15)46-17(37)11-10-16(36)45-5/h6-9,28-31,38-41,44H,10-11H2,1-5H3/t28-,29-,30-,31-,32-,33-,34-,35-/m1/s1. The zero-order valence-electron chi connectivity index (χ0n) is 27.4. The number of esters is 2. The van der Waals surface area contributed by atoms with Gasteiger partial charge in [0.05, 0.1) is 31.1 Å². The fourth-order valence-electron chi connectivity index (χ4n) is 8.14. The zero-order valence-corrected chi connectivity index (χ0v) is 27.4. The zero-order chi connectivity index (χ0) is 36.0. The highest BCUT2D eigenvalue weighted by Gasteiger charge is 2.76. The van der Waals surface area contributed by atoms with Crippen molar-refractivity contribution in [1.82, 2.24) is 0 Å². The summed E-state index contributed by atoms with van der Waals surface area (Å²) in [5.41, 5.74) is -7.29. The molecule has 5 N–H and O–H groups in total. The van der Waals surface area contributed by atoms with Crippen LogP contribution in [-0.4, -0.2) is 103 Å². The van der Waals surface area contributed by atoms with Crippen molar-refractivity contribution in [2.24, 2.45) is 0 Å². The Labute approximate surface area is 283 Å². The highest BCUT2D eigenvalue weighted by atomic mass is 16.7. The van der Waals surface area contributed by atoms with Gasteiger partial charge in [0.2, 0.25) is 0 Å². The second kappa shape index (κ2) is 9.77. The normalized spacial score (nSPS) is 35.6. The van der Waals surface area contributed by atoms with Crippen LogP contribution in [0.2, 0.25) is 0 Å². The number of aliphatic hydroxyl groups excluding tert-OH is 3. The molecule has 4 aliphatic heterocycles. The molecule has 0 unspecified atom stereocenters. The summed E-state index contributed by atoms with van der Waals surface area (Å²) in [5, 5.41) is 57.2. The van der Waals surface area contributed by atoms with Crippen LogP contribution in [0.25, 0.3) is 22.6 Å². The fourth-order valence-corrected chi connectivity index (χ4v) is 8.14. The Balaban J connectivity index is 1.19.